The highest BCUT2D eigenvalue weighted by molar-refractivity contribution is 5.53. The Hall–Kier alpha value is -1.19. The van der Waals surface area contributed by atoms with Gasteiger partial charge in [-0.05, 0) is 37.5 Å². The SMILES string of the molecule is CCCCC(CC)Nc1cc(C(F)(F)F)ccc1C. The molecule has 0 radical (unpaired) electrons. The zero-order valence-corrected chi connectivity index (χ0v) is 11.8. The van der Waals surface area contributed by atoms with Crippen LogP contribution in [0.15, 0.2) is 18.2 Å². The number of nitrogens with one attached hydrogen (secondary N) is 1. The lowest BCUT2D eigenvalue weighted by Gasteiger charge is -2.20. The summed E-state index contributed by atoms with van der Waals surface area (Å²) in [5, 5.41) is 3.24. The van der Waals surface area contributed by atoms with Gasteiger partial charge in [-0.3, -0.25) is 0 Å². The molecule has 0 aliphatic rings. The minimum Gasteiger partial charge on any atom is -0.382 e. The zero-order valence-electron chi connectivity index (χ0n) is 11.8. The lowest BCUT2D eigenvalue weighted by molar-refractivity contribution is -0.137. The van der Waals surface area contributed by atoms with E-state index in [1.807, 2.05) is 6.92 Å². The summed E-state index contributed by atoms with van der Waals surface area (Å²) in [6.07, 6.45) is -0.198. The van der Waals surface area contributed by atoms with E-state index in [2.05, 4.69) is 19.2 Å². The fraction of sp³-hybridized carbons (Fsp3) is 0.600. The van der Waals surface area contributed by atoms with Crippen LogP contribution < -0.4 is 5.32 Å². The first-order valence-corrected chi connectivity index (χ1v) is 6.82. The third-order valence-corrected chi connectivity index (χ3v) is 3.32. The fourth-order valence-electron chi connectivity index (χ4n) is 2.00. The zero-order chi connectivity index (χ0) is 14.5. The van der Waals surface area contributed by atoms with Crippen molar-refractivity contribution in [3.8, 4) is 0 Å². The molecule has 19 heavy (non-hydrogen) atoms. The van der Waals surface area contributed by atoms with Crippen LogP contribution in [0.3, 0.4) is 0 Å². The average Bonchev–Trinajstić information content (AvgIpc) is 2.35. The number of aryl methyl sites for hydroxylation is 1. The maximum atomic E-state index is 12.7. The third kappa shape index (κ3) is 4.77. The van der Waals surface area contributed by atoms with E-state index in [1.165, 1.54) is 12.1 Å². The molecule has 1 unspecified atom stereocenters. The van der Waals surface area contributed by atoms with Crippen molar-refractivity contribution in [1.82, 2.24) is 0 Å². The number of benzene rings is 1. The van der Waals surface area contributed by atoms with Crippen LogP contribution in [-0.4, -0.2) is 6.04 Å². The van der Waals surface area contributed by atoms with E-state index in [9.17, 15) is 13.2 Å². The number of anilines is 1. The summed E-state index contributed by atoms with van der Waals surface area (Å²) in [4.78, 5) is 0. The van der Waals surface area contributed by atoms with Gasteiger partial charge in [0.25, 0.3) is 0 Å². The molecule has 0 aliphatic carbocycles. The van der Waals surface area contributed by atoms with E-state index in [0.29, 0.717) is 5.69 Å². The molecule has 0 aromatic heterocycles. The van der Waals surface area contributed by atoms with Crippen LogP contribution in [0.25, 0.3) is 0 Å². The molecule has 1 aromatic carbocycles. The first kappa shape index (κ1) is 15.9. The molecule has 0 fully saturated rings. The number of hydrogen-bond donors (Lipinski definition) is 1. The van der Waals surface area contributed by atoms with E-state index in [4.69, 9.17) is 0 Å². The number of rotatable bonds is 6. The van der Waals surface area contributed by atoms with Crippen molar-refractivity contribution in [2.24, 2.45) is 0 Å². The predicted octanol–water partition coefficient (Wildman–Crippen LogP) is 5.39. The quantitative estimate of drug-likeness (QED) is 0.732. The van der Waals surface area contributed by atoms with E-state index in [0.717, 1.165) is 37.3 Å². The highest BCUT2D eigenvalue weighted by Crippen LogP contribution is 2.32. The Labute approximate surface area is 113 Å². The molecule has 0 saturated heterocycles. The maximum Gasteiger partial charge on any atom is 0.416 e. The first-order chi connectivity index (χ1) is 8.88. The molecule has 108 valence electrons. The summed E-state index contributed by atoms with van der Waals surface area (Å²) in [5.41, 5.74) is 0.853. The Morgan fingerprint density at radius 1 is 1.21 bits per heavy atom. The second kappa shape index (κ2) is 6.83. The largest absolute Gasteiger partial charge is 0.416 e. The Morgan fingerprint density at radius 2 is 1.89 bits per heavy atom. The molecular weight excluding hydrogens is 251 g/mol. The number of hydrogen-bond acceptors (Lipinski definition) is 1. The van der Waals surface area contributed by atoms with E-state index < -0.39 is 11.7 Å². The van der Waals surface area contributed by atoms with E-state index >= 15 is 0 Å². The molecule has 0 bridgehead atoms. The van der Waals surface area contributed by atoms with Crippen LogP contribution in [-0.2, 0) is 6.18 Å². The van der Waals surface area contributed by atoms with Gasteiger partial charge in [0.1, 0.15) is 0 Å². The first-order valence-electron chi connectivity index (χ1n) is 6.82. The summed E-state index contributed by atoms with van der Waals surface area (Å²) in [5.74, 6) is 0. The molecule has 0 spiro atoms. The van der Waals surface area contributed by atoms with Gasteiger partial charge in [-0.25, -0.2) is 0 Å². The third-order valence-electron chi connectivity index (χ3n) is 3.32. The highest BCUT2D eigenvalue weighted by Gasteiger charge is 2.30. The average molecular weight is 273 g/mol. The Balaban J connectivity index is 2.86. The van der Waals surface area contributed by atoms with Gasteiger partial charge in [0.15, 0.2) is 0 Å². The van der Waals surface area contributed by atoms with Crippen LogP contribution in [0, 0.1) is 6.92 Å². The monoisotopic (exact) mass is 273 g/mol. The van der Waals surface area contributed by atoms with Crippen molar-refractivity contribution >= 4 is 5.69 Å². The fourth-order valence-corrected chi connectivity index (χ4v) is 2.00. The van der Waals surface area contributed by atoms with Crippen LogP contribution in [0.2, 0.25) is 0 Å². The van der Waals surface area contributed by atoms with Gasteiger partial charge in [0.2, 0.25) is 0 Å². The van der Waals surface area contributed by atoms with Crippen molar-refractivity contribution in [2.45, 2.75) is 58.7 Å². The number of unbranched alkanes of at least 4 members (excludes halogenated alkanes) is 1. The minimum atomic E-state index is -4.28. The molecule has 1 atom stereocenters. The lowest BCUT2D eigenvalue weighted by Crippen LogP contribution is -2.19. The van der Waals surface area contributed by atoms with Crippen molar-refractivity contribution in [1.29, 1.82) is 0 Å². The number of halogens is 3. The van der Waals surface area contributed by atoms with E-state index in [1.54, 1.807) is 0 Å². The molecule has 1 aromatic rings. The van der Waals surface area contributed by atoms with Crippen molar-refractivity contribution in [3.05, 3.63) is 29.3 Å². The Morgan fingerprint density at radius 3 is 2.42 bits per heavy atom. The van der Waals surface area contributed by atoms with Crippen LogP contribution in [0.4, 0.5) is 18.9 Å². The summed E-state index contributed by atoms with van der Waals surface area (Å²) in [7, 11) is 0. The van der Waals surface area contributed by atoms with Crippen molar-refractivity contribution in [3.63, 3.8) is 0 Å². The van der Waals surface area contributed by atoms with Gasteiger partial charge >= 0.3 is 6.18 Å². The van der Waals surface area contributed by atoms with Crippen molar-refractivity contribution in [2.75, 3.05) is 5.32 Å². The molecular formula is C15H22F3N. The smallest absolute Gasteiger partial charge is 0.382 e. The topological polar surface area (TPSA) is 12.0 Å². The second-order valence-electron chi connectivity index (χ2n) is 4.92. The summed E-state index contributed by atoms with van der Waals surface area (Å²) >= 11 is 0. The molecule has 4 heteroatoms. The van der Waals surface area contributed by atoms with Crippen molar-refractivity contribution < 1.29 is 13.2 Å². The minimum absolute atomic E-state index is 0.238. The second-order valence-corrected chi connectivity index (χ2v) is 4.92. The molecule has 1 nitrogen and oxygen atoms in total. The summed E-state index contributed by atoms with van der Waals surface area (Å²) < 4.78 is 38.1. The molecule has 0 aliphatic heterocycles. The van der Waals surface area contributed by atoms with Crippen LogP contribution in [0.5, 0.6) is 0 Å². The normalized spacial score (nSPS) is 13.4. The van der Waals surface area contributed by atoms with Crippen LogP contribution in [0.1, 0.15) is 50.7 Å². The van der Waals surface area contributed by atoms with Gasteiger partial charge in [0, 0.05) is 11.7 Å². The Bertz CT molecular complexity index is 399. The number of alkyl halides is 3. The molecule has 0 saturated carbocycles. The summed E-state index contributed by atoms with van der Waals surface area (Å²) in [6.45, 7) is 5.99. The van der Waals surface area contributed by atoms with Gasteiger partial charge in [-0.15, -0.1) is 0 Å². The lowest BCUT2D eigenvalue weighted by atomic mass is 10.0. The van der Waals surface area contributed by atoms with Gasteiger partial charge in [-0.2, -0.15) is 13.2 Å². The maximum absolute atomic E-state index is 12.7. The highest BCUT2D eigenvalue weighted by atomic mass is 19.4. The molecule has 0 amide bonds. The Kier molecular flexibility index (Phi) is 5.70. The summed E-state index contributed by atoms with van der Waals surface area (Å²) in [6, 6.07) is 4.11. The molecule has 1 N–H and O–H groups in total. The standard InChI is InChI=1S/C15H22F3N/c1-4-6-7-13(5-2)19-14-10-12(15(16,17)18)9-8-11(14)3/h8-10,13,19H,4-7H2,1-3H3. The van der Waals surface area contributed by atoms with Gasteiger partial charge in [0.05, 0.1) is 5.56 Å². The molecule has 1 rings (SSSR count). The van der Waals surface area contributed by atoms with Gasteiger partial charge in [-0.1, -0.05) is 32.8 Å². The van der Waals surface area contributed by atoms with E-state index in [-0.39, 0.29) is 6.04 Å². The van der Waals surface area contributed by atoms with Crippen LogP contribution >= 0.6 is 0 Å². The molecule has 0 heterocycles. The predicted molar refractivity (Wildman–Crippen MR) is 73.4 cm³/mol. The van der Waals surface area contributed by atoms with Gasteiger partial charge < -0.3 is 5.32 Å².